The number of nitrogens with one attached hydrogen (secondary N) is 3. The summed E-state index contributed by atoms with van der Waals surface area (Å²) in [5.41, 5.74) is -2.44. The third-order valence-corrected chi connectivity index (χ3v) is 6.54. The van der Waals surface area contributed by atoms with Crippen LogP contribution in [0.5, 0.6) is 0 Å². The average Bonchev–Trinajstić information content (AvgIpc) is 3.46. The quantitative estimate of drug-likeness (QED) is 0.172. The molecule has 12 heteroatoms. The number of aliphatic hydroxyl groups excluding tert-OH is 1. The van der Waals surface area contributed by atoms with Crippen LogP contribution in [-0.2, 0) is 33.4 Å². The van der Waals surface area contributed by atoms with E-state index in [2.05, 4.69) is 22.5 Å². The minimum absolute atomic E-state index is 0. The lowest BCUT2D eigenvalue weighted by molar-refractivity contribution is -0.156. The highest BCUT2D eigenvalue weighted by Gasteiger charge is 2.76. The van der Waals surface area contributed by atoms with E-state index in [-0.39, 0.29) is 26.8 Å². The minimum atomic E-state index is -1.67. The standard InChI is InChI=1S/C26H41N3O9.H2/c1-9-36-22(33)18-17-16(30)12-26(19(17)18,23(34)37-10-2)29-20(31)14(5)27-21(32)15(11-13(3)4)28-24(35)38-25(6,7)8;/h9,13-19,30H,1,10-12H2,2-8H3,(H,27,32)(H,28,35)(H,29,31);1H/t14-,15-,16-,17-,18-,19-,26+;/m0./s1. The van der Waals surface area contributed by atoms with Gasteiger partial charge in [-0.1, -0.05) is 20.4 Å². The molecule has 4 N–H and O–H groups in total. The van der Waals surface area contributed by atoms with Crippen LogP contribution in [0.1, 0.15) is 62.7 Å². The third-order valence-electron chi connectivity index (χ3n) is 6.54. The van der Waals surface area contributed by atoms with Crippen molar-refractivity contribution in [2.45, 2.75) is 90.6 Å². The van der Waals surface area contributed by atoms with Gasteiger partial charge in [-0.2, -0.15) is 0 Å². The fraction of sp³-hybridized carbons (Fsp3) is 0.731. The molecule has 2 aliphatic rings. The lowest BCUT2D eigenvalue weighted by Crippen LogP contribution is -2.61. The highest BCUT2D eigenvalue weighted by molar-refractivity contribution is 5.96. The van der Waals surface area contributed by atoms with Crippen LogP contribution in [0.2, 0.25) is 0 Å². The summed E-state index contributed by atoms with van der Waals surface area (Å²) in [5.74, 6) is -4.89. The normalized spacial score (nSPS) is 27.3. The summed E-state index contributed by atoms with van der Waals surface area (Å²) < 4.78 is 15.3. The Morgan fingerprint density at radius 3 is 2.29 bits per heavy atom. The SMILES string of the molecule is C=COC(=O)[C@H]1[C@H]2[C@@H]1[C@@](NC(=O)[C@H](C)NC(=O)[C@H](CC(C)C)NC(=O)OC(C)(C)C)(C(=O)OCC)C[C@@H]2O.[HH]. The van der Waals surface area contributed by atoms with Crippen LogP contribution in [0, 0.1) is 23.7 Å². The maximum absolute atomic E-state index is 13.2. The van der Waals surface area contributed by atoms with Gasteiger partial charge in [0.1, 0.15) is 23.2 Å². The summed E-state index contributed by atoms with van der Waals surface area (Å²) in [6.45, 7) is 15.2. The predicted octanol–water partition coefficient (Wildman–Crippen LogP) is 1.41. The van der Waals surface area contributed by atoms with E-state index < -0.39 is 76.9 Å². The summed E-state index contributed by atoms with van der Waals surface area (Å²) in [7, 11) is 0. The van der Waals surface area contributed by atoms with Crippen molar-refractivity contribution < 1.29 is 44.7 Å². The fourth-order valence-corrected chi connectivity index (χ4v) is 5.04. The number of rotatable bonds is 11. The van der Waals surface area contributed by atoms with E-state index in [4.69, 9.17) is 14.2 Å². The summed E-state index contributed by atoms with van der Waals surface area (Å²) >= 11 is 0. The van der Waals surface area contributed by atoms with Gasteiger partial charge in [0.25, 0.3) is 0 Å². The van der Waals surface area contributed by atoms with Crippen LogP contribution < -0.4 is 16.0 Å². The van der Waals surface area contributed by atoms with E-state index in [1.807, 2.05) is 13.8 Å². The van der Waals surface area contributed by atoms with Crippen molar-refractivity contribution in [3.05, 3.63) is 12.8 Å². The molecular formula is C26H43N3O9. The molecule has 0 heterocycles. The number of aliphatic hydroxyl groups is 1. The van der Waals surface area contributed by atoms with Gasteiger partial charge in [0, 0.05) is 19.7 Å². The Morgan fingerprint density at radius 1 is 1.13 bits per heavy atom. The van der Waals surface area contributed by atoms with Crippen molar-refractivity contribution in [1.29, 1.82) is 0 Å². The molecule has 7 atom stereocenters. The maximum atomic E-state index is 13.2. The molecule has 216 valence electrons. The second kappa shape index (κ2) is 12.1. The number of ether oxygens (including phenoxy) is 3. The first-order valence-electron chi connectivity index (χ1n) is 12.9. The number of carbonyl (C=O) groups is 5. The summed E-state index contributed by atoms with van der Waals surface area (Å²) in [6.07, 6.45) is -0.722. The Labute approximate surface area is 224 Å². The summed E-state index contributed by atoms with van der Waals surface area (Å²) in [6, 6.07) is -2.10. The third kappa shape index (κ3) is 7.24. The number of fused-ring (bicyclic) bond motifs is 1. The largest absolute Gasteiger partial charge is 0.464 e. The van der Waals surface area contributed by atoms with Gasteiger partial charge in [-0.25, -0.2) is 9.59 Å². The lowest BCUT2D eigenvalue weighted by atomic mass is 9.89. The molecule has 0 spiro atoms. The number of hydrogen-bond donors (Lipinski definition) is 4. The van der Waals surface area contributed by atoms with E-state index >= 15 is 0 Å². The topological polar surface area (TPSA) is 169 Å². The Bertz CT molecular complexity index is 951. The molecule has 0 aromatic carbocycles. The van der Waals surface area contributed by atoms with Gasteiger partial charge in [-0.05, 0) is 47.0 Å². The van der Waals surface area contributed by atoms with E-state index in [1.54, 1.807) is 27.7 Å². The Hall–Kier alpha value is -3.15. The van der Waals surface area contributed by atoms with E-state index in [0.29, 0.717) is 0 Å². The average molecular weight is 542 g/mol. The predicted molar refractivity (Wildman–Crippen MR) is 137 cm³/mol. The zero-order valence-electron chi connectivity index (χ0n) is 23.2. The van der Waals surface area contributed by atoms with Crippen LogP contribution in [0.4, 0.5) is 4.79 Å². The van der Waals surface area contributed by atoms with Gasteiger partial charge in [0.05, 0.1) is 24.9 Å². The molecule has 12 nitrogen and oxygen atoms in total. The van der Waals surface area contributed by atoms with E-state index in [1.165, 1.54) is 6.92 Å². The first-order valence-corrected chi connectivity index (χ1v) is 12.9. The van der Waals surface area contributed by atoms with Gasteiger partial charge in [-0.3, -0.25) is 14.4 Å². The molecule has 0 bridgehead atoms. The molecule has 0 radical (unpaired) electrons. The van der Waals surface area contributed by atoms with Crippen molar-refractivity contribution in [1.82, 2.24) is 16.0 Å². The fourth-order valence-electron chi connectivity index (χ4n) is 5.04. The second-order valence-corrected chi connectivity index (χ2v) is 11.2. The van der Waals surface area contributed by atoms with E-state index in [0.717, 1.165) is 6.26 Å². The van der Waals surface area contributed by atoms with Crippen LogP contribution in [0.3, 0.4) is 0 Å². The molecule has 0 aromatic rings. The molecular weight excluding hydrogens is 498 g/mol. The Morgan fingerprint density at radius 2 is 1.76 bits per heavy atom. The van der Waals surface area contributed by atoms with Gasteiger partial charge >= 0.3 is 18.0 Å². The summed E-state index contributed by atoms with van der Waals surface area (Å²) in [4.78, 5) is 63.9. The highest BCUT2D eigenvalue weighted by Crippen LogP contribution is 2.63. The van der Waals surface area contributed by atoms with Gasteiger partial charge < -0.3 is 35.3 Å². The van der Waals surface area contributed by atoms with Crippen LogP contribution in [0.15, 0.2) is 12.8 Å². The number of alkyl carbamates (subject to hydrolysis) is 1. The lowest BCUT2D eigenvalue weighted by Gasteiger charge is -2.33. The van der Waals surface area contributed by atoms with Gasteiger partial charge in [0.15, 0.2) is 0 Å². The number of carbonyl (C=O) groups excluding carboxylic acids is 5. The maximum Gasteiger partial charge on any atom is 0.408 e. The Balaban J connectivity index is 0.00000760. The van der Waals surface area contributed by atoms with Crippen molar-refractivity contribution in [2.24, 2.45) is 23.7 Å². The van der Waals surface area contributed by atoms with Crippen molar-refractivity contribution in [3.63, 3.8) is 0 Å². The van der Waals surface area contributed by atoms with Crippen molar-refractivity contribution in [2.75, 3.05) is 6.61 Å². The zero-order valence-corrected chi connectivity index (χ0v) is 23.2. The molecule has 0 unspecified atom stereocenters. The molecule has 3 amide bonds. The summed E-state index contributed by atoms with van der Waals surface area (Å²) in [5, 5.41) is 18.3. The first-order chi connectivity index (χ1) is 17.6. The molecule has 0 saturated heterocycles. The molecule has 2 saturated carbocycles. The molecule has 0 aliphatic heterocycles. The van der Waals surface area contributed by atoms with Crippen LogP contribution in [-0.4, -0.2) is 70.9 Å². The molecule has 0 aromatic heterocycles. The second-order valence-electron chi connectivity index (χ2n) is 11.2. The Kier molecular flexibility index (Phi) is 9.93. The molecule has 2 fully saturated rings. The van der Waals surface area contributed by atoms with Crippen LogP contribution >= 0.6 is 0 Å². The van der Waals surface area contributed by atoms with Crippen molar-refractivity contribution >= 4 is 29.8 Å². The number of amides is 3. The molecule has 2 rings (SSSR count). The van der Waals surface area contributed by atoms with Gasteiger partial charge in [-0.15, -0.1) is 0 Å². The first kappa shape index (κ1) is 31.1. The van der Waals surface area contributed by atoms with Crippen molar-refractivity contribution in [3.8, 4) is 0 Å². The zero-order chi connectivity index (χ0) is 29.0. The molecule has 2 aliphatic carbocycles. The van der Waals surface area contributed by atoms with Gasteiger partial charge in [0.2, 0.25) is 11.8 Å². The molecule has 38 heavy (non-hydrogen) atoms. The highest BCUT2D eigenvalue weighted by atomic mass is 16.6. The van der Waals surface area contributed by atoms with Crippen LogP contribution in [0.25, 0.3) is 0 Å². The number of hydrogen-bond acceptors (Lipinski definition) is 9. The monoisotopic (exact) mass is 541 g/mol. The number of esters is 2. The smallest absolute Gasteiger partial charge is 0.408 e. The minimum Gasteiger partial charge on any atom is -0.464 e. The van der Waals surface area contributed by atoms with E-state index in [9.17, 15) is 29.1 Å².